The van der Waals surface area contributed by atoms with Crippen LogP contribution in [0.15, 0.2) is 35.5 Å². The molecule has 1 saturated heterocycles. The Morgan fingerprint density at radius 3 is 2.28 bits per heavy atom. The Labute approximate surface area is 190 Å². The highest BCUT2D eigenvalue weighted by atomic mass is 32.2. The molecule has 1 aliphatic heterocycles. The Morgan fingerprint density at radius 2 is 1.81 bits per heavy atom. The van der Waals surface area contributed by atoms with Crippen LogP contribution in [0.1, 0.15) is 33.3 Å². The van der Waals surface area contributed by atoms with Gasteiger partial charge in [0.05, 0.1) is 17.4 Å². The molecule has 1 heterocycles. The highest BCUT2D eigenvalue weighted by molar-refractivity contribution is 7.99. The second-order valence-corrected chi connectivity index (χ2v) is 8.77. The molecular weight excluding hydrogens is 440 g/mol. The number of nitrogens with zero attached hydrogens (tertiary/aromatic N) is 2. The molecule has 1 fully saturated rings. The molecule has 2 rings (SSSR count). The van der Waals surface area contributed by atoms with Gasteiger partial charge in [0.15, 0.2) is 0 Å². The lowest BCUT2D eigenvalue weighted by Crippen LogP contribution is -2.66. The van der Waals surface area contributed by atoms with E-state index in [-0.39, 0.29) is 23.9 Å². The van der Waals surface area contributed by atoms with Crippen molar-refractivity contribution in [3.63, 3.8) is 0 Å². The molecule has 1 aliphatic rings. The van der Waals surface area contributed by atoms with Gasteiger partial charge in [0.2, 0.25) is 5.91 Å². The van der Waals surface area contributed by atoms with Gasteiger partial charge in [0, 0.05) is 12.1 Å². The summed E-state index contributed by atoms with van der Waals surface area (Å²) in [4.78, 5) is 49.0. The number of rotatable bonds is 8. The number of β-lactam (4-membered cyclic amide) rings is 1. The minimum atomic E-state index is -1.21. The van der Waals surface area contributed by atoms with Gasteiger partial charge in [-0.25, -0.2) is 9.59 Å². The fourth-order valence-electron chi connectivity index (χ4n) is 3.39. The van der Waals surface area contributed by atoms with Crippen molar-refractivity contribution in [3.8, 4) is 0 Å². The van der Waals surface area contributed by atoms with Crippen molar-refractivity contribution in [1.29, 1.82) is 0 Å². The Morgan fingerprint density at radius 1 is 1.22 bits per heavy atom. The number of non-ortho nitro benzene ring substituents is 1. The predicted octanol–water partition coefficient (Wildman–Crippen LogP) is 3.64. The van der Waals surface area contributed by atoms with E-state index in [0.717, 1.165) is 0 Å². The Hall–Kier alpha value is -3.08. The third-order valence-corrected chi connectivity index (χ3v) is 5.94. The Bertz CT molecular complexity index is 938. The SMILES string of the molecule is COC(=O)C(=C(C)C)N1C(=O)[C@H](C(C)(C)OC(=O)OCc2ccc([N+](=O)[O-])cc2)[C@H]1SC. The number of ether oxygens (including phenoxy) is 3. The van der Waals surface area contributed by atoms with Crippen molar-refractivity contribution in [2.75, 3.05) is 13.4 Å². The number of nitro benzene ring substituents is 1. The molecule has 2 atom stereocenters. The molecule has 1 aromatic rings. The third-order valence-electron chi connectivity index (χ3n) is 4.98. The van der Waals surface area contributed by atoms with Crippen LogP contribution in [0.5, 0.6) is 0 Å². The monoisotopic (exact) mass is 466 g/mol. The number of carbonyl (C=O) groups is 3. The summed E-state index contributed by atoms with van der Waals surface area (Å²) in [6.45, 7) is 6.48. The summed E-state index contributed by atoms with van der Waals surface area (Å²) in [6, 6.07) is 5.56. The molecule has 0 saturated carbocycles. The van der Waals surface area contributed by atoms with Crippen LogP contribution in [-0.2, 0) is 30.4 Å². The fraction of sp³-hybridized carbons (Fsp3) is 0.476. The van der Waals surface area contributed by atoms with E-state index in [9.17, 15) is 24.5 Å². The molecule has 0 aliphatic carbocycles. The van der Waals surface area contributed by atoms with Gasteiger partial charge in [-0.05, 0) is 57.2 Å². The van der Waals surface area contributed by atoms with Gasteiger partial charge >= 0.3 is 12.1 Å². The molecule has 0 spiro atoms. The van der Waals surface area contributed by atoms with Crippen molar-refractivity contribution in [1.82, 2.24) is 4.90 Å². The summed E-state index contributed by atoms with van der Waals surface area (Å²) in [7, 11) is 1.25. The molecule has 174 valence electrons. The zero-order valence-corrected chi connectivity index (χ0v) is 19.6. The van der Waals surface area contributed by atoms with Gasteiger partial charge in [-0.15, -0.1) is 11.8 Å². The van der Waals surface area contributed by atoms with E-state index < -0.39 is 33.9 Å². The third kappa shape index (κ3) is 5.21. The number of hydrogen-bond donors (Lipinski definition) is 0. The molecular formula is C21H26N2O8S. The molecule has 0 bridgehead atoms. The predicted molar refractivity (Wildman–Crippen MR) is 116 cm³/mol. The Balaban J connectivity index is 2.06. The van der Waals surface area contributed by atoms with Crippen LogP contribution in [0.4, 0.5) is 10.5 Å². The molecule has 1 aromatic carbocycles. The maximum atomic E-state index is 13.0. The lowest BCUT2D eigenvalue weighted by molar-refractivity contribution is -0.384. The normalized spacial score (nSPS) is 17.8. The van der Waals surface area contributed by atoms with Crippen LogP contribution in [0.3, 0.4) is 0 Å². The lowest BCUT2D eigenvalue weighted by atomic mass is 9.82. The molecule has 0 aromatic heterocycles. The van der Waals surface area contributed by atoms with Gasteiger partial charge in [-0.2, -0.15) is 0 Å². The van der Waals surface area contributed by atoms with E-state index in [2.05, 4.69) is 0 Å². The van der Waals surface area contributed by atoms with Crippen molar-refractivity contribution >= 4 is 35.5 Å². The minimum Gasteiger partial charge on any atom is -0.464 e. The first kappa shape index (κ1) is 25.2. The topological polar surface area (TPSA) is 125 Å². The molecule has 11 heteroatoms. The highest BCUT2D eigenvalue weighted by Gasteiger charge is 2.58. The number of nitro groups is 1. The van der Waals surface area contributed by atoms with Crippen LogP contribution in [0.2, 0.25) is 0 Å². The first-order chi connectivity index (χ1) is 14.9. The second kappa shape index (κ2) is 10.0. The van der Waals surface area contributed by atoms with Gasteiger partial charge in [0.25, 0.3) is 5.69 Å². The summed E-state index contributed by atoms with van der Waals surface area (Å²) in [5.74, 6) is -1.68. The van der Waals surface area contributed by atoms with Crippen LogP contribution >= 0.6 is 11.8 Å². The minimum absolute atomic E-state index is 0.0729. The quantitative estimate of drug-likeness (QED) is 0.185. The lowest BCUT2D eigenvalue weighted by Gasteiger charge is -2.51. The summed E-state index contributed by atoms with van der Waals surface area (Å²) in [5, 5.41) is 10.3. The van der Waals surface area contributed by atoms with Gasteiger partial charge in [-0.1, -0.05) is 0 Å². The number of benzene rings is 1. The Kier molecular flexibility index (Phi) is 7.89. The van der Waals surface area contributed by atoms with Crippen molar-refractivity contribution in [3.05, 3.63) is 51.2 Å². The van der Waals surface area contributed by atoms with Crippen molar-refractivity contribution in [2.24, 2.45) is 5.92 Å². The van der Waals surface area contributed by atoms with Gasteiger partial charge in [0.1, 0.15) is 23.8 Å². The second-order valence-electron chi connectivity index (χ2n) is 7.82. The van der Waals surface area contributed by atoms with Gasteiger partial charge < -0.3 is 14.2 Å². The van der Waals surface area contributed by atoms with E-state index in [1.165, 1.54) is 48.0 Å². The number of amides is 1. The van der Waals surface area contributed by atoms with Crippen molar-refractivity contribution in [2.45, 2.75) is 45.3 Å². The zero-order chi connectivity index (χ0) is 24.2. The zero-order valence-electron chi connectivity index (χ0n) is 18.7. The highest BCUT2D eigenvalue weighted by Crippen LogP contribution is 2.45. The largest absolute Gasteiger partial charge is 0.509 e. The summed E-state index contributed by atoms with van der Waals surface area (Å²) in [5.41, 5.74) is 0.0610. The van der Waals surface area contributed by atoms with E-state index in [1.54, 1.807) is 34.0 Å². The standard InChI is InChI=1S/C21H26N2O8S/c1-12(2)16(19(25)29-5)22-17(24)15(18(22)32-6)21(3,4)31-20(26)30-11-13-7-9-14(10-8-13)23(27)28/h7-10,15,18H,11H2,1-6H3/t15-,18+/m0/s1. The first-order valence-electron chi connectivity index (χ1n) is 9.65. The molecule has 0 radical (unpaired) electrons. The molecule has 0 unspecified atom stereocenters. The average molecular weight is 467 g/mol. The van der Waals surface area contributed by atoms with Crippen LogP contribution in [0.25, 0.3) is 0 Å². The fourth-order valence-corrected chi connectivity index (χ4v) is 4.52. The molecule has 1 amide bonds. The number of hydrogen-bond acceptors (Lipinski definition) is 9. The number of esters is 1. The van der Waals surface area contributed by atoms with E-state index in [1.807, 2.05) is 0 Å². The van der Waals surface area contributed by atoms with E-state index in [0.29, 0.717) is 11.1 Å². The van der Waals surface area contributed by atoms with Crippen LogP contribution in [0, 0.1) is 16.0 Å². The van der Waals surface area contributed by atoms with Gasteiger partial charge in [-0.3, -0.25) is 19.8 Å². The summed E-state index contributed by atoms with van der Waals surface area (Å²) < 4.78 is 15.4. The summed E-state index contributed by atoms with van der Waals surface area (Å²) >= 11 is 1.35. The van der Waals surface area contributed by atoms with E-state index in [4.69, 9.17) is 14.2 Å². The number of likely N-dealkylation sites (tertiary alicyclic amines) is 1. The maximum Gasteiger partial charge on any atom is 0.509 e. The first-order valence-corrected chi connectivity index (χ1v) is 10.9. The maximum absolute atomic E-state index is 13.0. The molecule has 32 heavy (non-hydrogen) atoms. The number of methoxy groups -OCH3 is 1. The van der Waals surface area contributed by atoms with Crippen LogP contribution in [-0.4, -0.2) is 52.2 Å². The molecule has 10 nitrogen and oxygen atoms in total. The smallest absolute Gasteiger partial charge is 0.464 e. The molecule has 0 N–H and O–H groups in total. The summed E-state index contributed by atoms with van der Waals surface area (Å²) in [6.07, 6.45) is 0.815. The number of thioether (sulfide) groups is 1. The van der Waals surface area contributed by atoms with E-state index >= 15 is 0 Å². The number of carbonyl (C=O) groups excluding carboxylic acids is 3. The van der Waals surface area contributed by atoms with Crippen LogP contribution < -0.4 is 0 Å². The number of allylic oxidation sites excluding steroid dienone is 1. The average Bonchev–Trinajstić information content (AvgIpc) is 2.72. The van der Waals surface area contributed by atoms with Crippen molar-refractivity contribution < 1.29 is 33.5 Å².